The van der Waals surface area contributed by atoms with Crippen LogP contribution in [0.4, 0.5) is 11.4 Å². The molecule has 6 heteroatoms. The van der Waals surface area contributed by atoms with Crippen molar-refractivity contribution in [3.8, 4) is 0 Å². The summed E-state index contributed by atoms with van der Waals surface area (Å²) in [5.74, 6) is -0.324. The standard InChI is InChI=1S/C14H10ClN3O2/c15-12-7-10(3-4-16-12)17-14(20)9-2-1-8-6-13(19)18-11(8)5-9/h1-5,7H,6H2,(H,18,19)(H,16,17,20). The van der Waals surface area contributed by atoms with Gasteiger partial charge in [0.15, 0.2) is 0 Å². The van der Waals surface area contributed by atoms with Gasteiger partial charge in [0.2, 0.25) is 5.91 Å². The summed E-state index contributed by atoms with van der Waals surface area (Å²) >= 11 is 5.76. The number of benzene rings is 1. The van der Waals surface area contributed by atoms with Gasteiger partial charge in [-0.15, -0.1) is 0 Å². The lowest BCUT2D eigenvalue weighted by atomic mass is 10.1. The third kappa shape index (κ3) is 2.48. The Labute approximate surface area is 120 Å². The van der Waals surface area contributed by atoms with Crippen molar-refractivity contribution in [2.45, 2.75) is 6.42 Å². The van der Waals surface area contributed by atoms with Gasteiger partial charge in [0.05, 0.1) is 6.42 Å². The van der Waals surface area contributed by atoms with Crippen LogP contribution in [0, 0.1) is 0 Å². The first-order chi connectivity index (χ1) is 9.61. The third-order valence-corrected chi connectivity index (χ3v) is 3.19. The maximum Gasteiger partial charge on any atom is 0.255 e. The molecule has 5 nitrogen and oxygen atoms in total. The van der Waals surface area contributed by atoms with Crippen molar-refractivity contribution in [3.63, 3.8) is 0 Å². The molecule has 1 aliphatic heterocycles. The number of fused-ring (bicyclic) bond motifs is 1. The molecule has 2 amide bonds. The highest BCUT2D eigenvalue weighted by molar-refractivity contribution is 6.29. The van der Waals surface area contributed by atoms with E-state index in [4.69, 9.17) is 11.6 Å². The largest absolute Gasteiger partial charge is 0.326 e. The second kappa shape index (κ2) is 4.94. The number of aromatic nitrogens is 1. The maximum atomic E-state index is 12.1. The van der Waals surface area contributed by atoms with Crippen molar-refractivity contribution in [2.24, 2.45) is 0 Å². The molecule has 2 heterocycles. The van der Waals surface area contributed by atoms with E-state index in [0.717, 1.165) is 5.56 Å². The van der Waals surface area contributed by atoms with Crippen LogP contribution >= 0.6 is 11.6 Å². The Hall–Kier alpha value is -2.40. The Balaban J connectivity index is 1.81. The zero-order valence-electron chi connectivity index (χ0n) is 10.3. The zero-order chi connectivity index (χ0) is 14.1. The van der Waals surface area contributed by atoms with Crippen molar-refractivity contribution in [3.05, 3.63) is 52.8 Å². The predicted octanol–water partition coefficient (Wildman–Crippen LogP) is 2.48. The first-order valence-electron chi connectivity index (χ1n) is 5.97. The molecule has 2 N–H and O–H groups in total. The van der Waals surface area contributed by atoms with Gasteiger partial charge in [-0.05, 0) is 29.8 Å². The average Bonchev–Trinajstić information content (AvgIpc) is 2.77. The van der Waals surface area contributed by atoms with E-state index < -0.39 is 0 Å². The van der Waals surface area contributed by atoms with Crippen molar-refractivity contribution < 1.29 is 9.59 Å². The van der Waals surface area contributed by atoms with E-state index in [0.29, 0.717) is 28.5 Å². The minimum Gasteiger partial charge on any atom is -0.326 e. The van der Waals surface area contributed by atoms with E-state index in [9.17, 15) is 9.59 Å². The number of hydrogen-bond donors (Lipinski definition) is 2. The molecule has 2 aromatic rings. The molecule has 1 aromatic carbocycles. The number of halogens is 1. The number of hydrogen-bond acceptors (Lipinski definition) is 3. The first kappa shape index (κ1) is 12.6. The summed E-state index contributed by atoms with van der Waals surface area (Å²) < 4.78 is 0. The summed E-state index contributed by atoms with van der Waals surface area (Å²) in [5.41, 5.74) is 2.63. The highest BCUT2D eigenvalue weighted by Crippen LogP contribution is 2.24. The van der Waals surface area contributed by atoms with Gasteiger partial charge >= 0.3 is 0 Å². The average molecular weight is 288 g/mol. The molecule has 0 saturated carbocycles. The van der Waals surface area contributed by atoms with Crippen molar-refractivity contribution in [1.29, 1.82) is 0 Å². The van der Waals surface area contributed by atoms with E-state index in [-0.39, 0.29) is 11.8 Å². The molecular weight excluding hydrogens is 278 g/mol. The van der Waals surface area contributed by atoms with Gasteiger partial charge in [-0.2, -0.15) is 0 Å². The summed E-state index contributed by atoms with van der Waals surface area (Å²) in [6.45, 7) is 0. The van der Waals surface area contributed by atoms with E-state index >= 15 is 0 Å². The van der Waals surface area contributed by atoms with Crippen LogP contribution < -0.4 is 10.6 Å². The number of pyridine rings is 1. The number of carbonyl (C=O) groups is 2. The topological polar surface area (TPSA) is 71.1 Å². The Morgan fingerprint density at radius 2 is 2.15 bits per heavy atom. The Kier molecular flexibility index (Phi) is 3.12. The second-order valence-electron chi connectivity index (χ2n) is 4.42. The van der Waals surface area contributed by atoms with Crippen molar-refractivity contribution in [2.75, 3.05) is 10.6 Å². The van der Waals surface area contributed by atoms with Crippen LogP contribution in [0.5, 0.6) is 0 Å². The summed E-state index contributed by atoms with van der Waals surface area (Å²) in [6.07, 6.45) is 1.87. The lowest BCUT2D eigenvalue weighted by molar-refractivity contribution is -0.115. The smallest absolute Gasteiger partial charge is 0.255 e. The second-order valence-corrected chi connectivity index (χ2v) is 4.81. The van der Waals surface area contributed by atoms with E-state index in [1.807, 2.05) is 0 Å². The third-order valence-electron chi connectivity index (χ3n) is 2.98. The van der Waals surface area contributed by atoms with Gasteiger partial charge < -0.3 is 10.6 Å². The summed E-state index contributed by atoms with van der Waals surface area (Å²) in [7, 11) is 0. The summed E-state index contributed by atoms with van der Waals surface area (Å²) in [4.78, 5) is 27.2. The van der Waals surface area contributed by atoms with E-state index in [1.165, 1.54) is 6.20 Å². The predicted molar refractivity (Wildman–Crippen MR) is 76.0 cm³/mol. The minimum absolute atomic E-state index is 0.0570. The number of anilines is 2. The van der Waals surface area contributed by atoms with Crippen LogP contribution in [0.1, 0.15) is 15.9 Å². The van der Waals surface area contributed by atoms with E-state index in [2.05, 4.69) is 15.6 Å². The van der Waals surface area contributed by atoms with Crippen molar-refractivity contribution in [1.82, 2.24) is 4.98 Å². The summed E-state index contributed by atoms with van der Waals surface area (Å²) in [5, 5.41) is 5.75. The Morgan fingerprint density at radius 1 is 1.30 bits per heavy atom. The molecule has 1 aliphatic rings. The quantitative estimate of drug-likeness (QED) is 0.834. The van der Waals surface area contributed by atoms with Gasteiger partial charge in [0.25, 0.3) is 5.91 Å². The Bertz CT molecular complexity index is 715. The number of carbonyl (C=O) groups excluding carboxylic acids is 2. The van der Waals surface area contributed by atoms with Crippen LogP contribution in [0.25, 0.3) is 0 Å². The molecule has 0 fully saturated rings. The molecule has 0 bridgehead atoms. The van der Waals surface area contributed by atoms with Gasteiger partial charge in [-0.3, -0.25) is 9.59 Å². The fourth-order valence-electron chi connectivity index (χ4n) is 2.04. The molecule has 0 atom stereocenters. The maximum absolute atomic E-state index is 12.1. The van der Waals surface area contributed by atoms with Crippen LogP contribution in [0.3, 0.4) is 0 Å². The fraction of sp³-hybridized carbons (Fsp3) is 0.0714. The van der Waals surface area contributed by atoms with Gasteiger partial charge in [0.1, 0.15) is 5.15 Å². The molecule has 1 aromatic heterocycles. The zero-order valence-corrected chi connectivity index (χ0v) is 11.1. The summed E-state index contributed by atoms with van der Waals surface area (Å²) in [6, 6.07) is 8.35. The van der Waals surface area contributed by atoms with Crippen molar-refractivity contribution >= 4 is 34.8 Å². The molecule has 0 saturated heterocycles. The van der Waals surface area contributed by atoms with Crippen LogP contribution in [-0.2, 0) is 11.2 Å². The van der Waals surface area contributed by atoms with Crippen LogP contribution in [0.15, 0.2) is 36.5 Å². The lowest BCUT2D eigenvalue weighted by Gasteiger charge is -2.06. The van der Waals surface area contributed by atoms with E-state index in [1.54, 1.807) is 30.3 Å². The molecule has 0 aliphatic carbocycles. The number of amides is 2. The number of nitrogens with zero attached hydrogens (tertiary/aromatic N) is 1. The molecule has 100 valence electrons. The van der Waals surface area contributed by atoms with Gasteiger partial charge in [-0.25, -0.2) is 4.98 Å². The molecule has 3 rings (SSSR count). The monoisotopic (exact) mass is 287 g/mol. The van der Waals surface area contributed by atoms with Gasteiger partial charge in [-0.1, -0.05) is 17.7 Å². The Morgan fingerprint density at radius 3 is 2.95 bits per heavy atom. The SMILES string of the molecule is O=C1Cc2ccc(C(=O)Nc3ccnc(Cl)c3)cc2N1. The molecule has 20 heavy (non-hydrogen) atoms. The highest BCUT2D eigenvalue weighted by Gasteiger charge is 2.19. The minimum atomic E-state index is -0.267. The highest BCUT2D eigenvalue weighted by atomic mass is 35.5. The normalized spacial score (nSPS) is 12.8. The van der Waals surface area contributed by atoms with Gasteiger partial charge in [0, 0.05) is 23.1 Å². The lowest BCUT2D eigenvalue weighted by Crippen LogP contribution is -2.12. The van der Waals surface area contributed by atoms with Crippen LogP contribution in [-0.4, -0.2) is 16.8 Å². The molecular formula is C14H10ClN3O2. The molecule has 0 spiro atoms. The fourth-order valence-corrected chi connectivity index (χ4v) is 2.21. The van der Waals surface area contributed by atoms with Crippen LogP contribution in [0.2, 0.25) is 5.15 Å². The number of rotatable bonds is 2. The number of nitrogens with one attached hydrogen (secondary N) is 2. The molecule has 0 unspecified atom stereocenters. The first-order valence-corrected chi connectivity index (χ1v) is 6.35. The molecule has 0 radical (unpaired) electrons.